The van der Waals surface area contributed by atoms with Crippen LogP contribution in [0.2, 0.25) is 0 Å². The van der Waals surface area contributed by atoms with Crippen LogP contribution in [0.5, 0.6) is 0 Å². The number of nitrogens with zero attached hydrogens (tertiary/aromatic N) is 2. The molecule has 1 aromatic rings. The van der Waals surface area contributed by atoms with E-state index in [4.69, 9.17) is 10.5 Å². The minimum atomic E-state index is -0.470. The molecule has 0 unspecified atom stereocenters. The van der Waals surface area contributed by atoms with Gasteiger partial charge in [-0.1, -0.05) is 6.92 Å². The molecule has 7 nitrogen and oxygen atoms in total. The predicted molar refractivity (Wildman–Crippen MR) is 69.5 cm³/mol. The summed E-state index contributed by atoms with van der Waals surface area (Å²) in [6.07, 6.45) is 0.766. The van der Waals surface area contributed by atoms with Crippen LogP contribution >= 0.6 is 0 Å². The highest BCUT2D eigenvalue weighted by Crippen LogP contribution is 2.10. The van der Waals surface area contributed by atoms with Gasteiger partial charge in [-0.25, -0.2) is 9.97 Å². The topological polar surface area (TPSA) is 102 Å². The van der Waals surface area contributed by atoms with Gasteiger partial charge < -0.3 is 21.1 Å². The van der Waals surface area contributed by atoms with Crippen LogP contribution in [0.4, 0.5) is 11.6 Å². The summed E-state index contributed by atoms with van der Waals surface area (Å²) in [5, 5.41) is 6.07. The van der Waals surface area contributed by atoms with Gasteiger partial charge in [0.25, 0.3) is 0 Å². The first-order valence-electron chi connectivity index (χ1n) is 5.81. The number of nitrogens with two attached hydrogens (primary N) is 1. The van der Waals surface area contributed by atoms with Crippen LogP contribution in [0.15, 0.2) is 6.07 Å². The van der Waals surface area contributed by atoms with Crippen molar-refractivity contribution in [1.29, 1.82) is 0 Å². The Morgan fingerprint density at radius 2 is 2.17 bits per heavy atom. The summed E-state index contributed by atoms with van der Waals surface area (Å²) in [4.78, 5) is 19.1. The lowest BCUT2D eigenvalue weighted by molar-refractivity contribution is -0.122. The van der Waals surface area contributed by atoms with Crippen LogP contribution < -0.4 is 16.4 Å². The summed E-state index contributed by atoms with van der Waals surface area (Å²) in [7, 11) is 1.81. The lowest BCUT2D eigenvalue weighted by Crippen LogP contribution is -2.20. The molecule has 100 valence electrons. The third-order valence-electron chi connectivity index (χ3n) is 2.14. The Hall–Kier alpha value is -1.89. The van der Waals surface area contributed by atoms with Gasteiger partial charge in [0, 0.05) is 26.1 Å². The second kappa shape index (κ2) is 7.44. The molecule has 7 heteroatoms. The number of hydrogen-bond acceptors (Lipinski definition) is 6. The van der Waals surface area contributed by atoms with E-state index in [0.717, 1.165) is 23.9 Å². The number of amides is 1. The van der Waals surface area contributed by atoms with Crippen molar-refractivity contribution in [3.8, 4) is 0 Å². The molecule has 0 spiro atoms. The summed E-state index contributed by atoms with van der Waals surface area (Å²) in [5.41, 5.74) is 4.95. The molecule has 18 heavy (non-hydrogen) atoms. The monoisotopic (exact) mass is 253 g/mol. The van der Waals surface area contributed by atoms with Crippen molar-refractivity contribution >= 4 is 17.5 Å². The minimum absolute atomic E-state index is 0.0621. The Morgan fingerprint density at radius 3 is 2.78 bits per heavy atom. The number of primary amides is 1. The van der Waals surface area contributed by atoms with E-state index in [1.165, 1.54) is 0 Å². The Balaban J connectivity index is 2.43. The number of carbonyl (C=O) groups is 1. The van der Waals surface area contributed by atoms with E-state index < -0.39 is 5.91 Å². The van der Waals surface area contributed by atoms with Gasteiger partial charge in [0.05, 0.1) is 6.61 Å². The summed E-state index contributed by atoms with van der Waals surface area (Å²) >= 11 is 0. The summed E-state index contributed by atoms with van der Waals surface area (Å²) in [6, 6.07) is 1.81. The number of rotatable bonds is 8. The molecule has 0 aromatic carbocycles. The second-order valence-corrected chi connectivity index (χ2v) is 3.60. The van der Waals surface area contributed by atoms with E-state index in [9.17, 15) is 4.79 Å². The van der Waals surface area contributed by atoms with E-state index in [1.807, 2.05) is 20.0 Å². The molecule has 0 saturated heterocycles. The van der Waals surface area contributed by atoms with Gasteiger partial charge in [-0.05, 0) is 0 Å². The fraction of sp³-hybridized carbons (Fsp3) is 0.545. The van der Waals surface area contributed by atoms with Crippen molar-refractivity contribution < 1.29 is 9.53 Å². The molecule has 0 atom stereocenters. The maximum Gasteiger partial charge on any atom is 0.243 e. The quantitative estimate of drug-likeness (QED) is 0.563. The first-order chi connectivity index (χ1) is 8.65. The molecule has 1 amide bonds. The Bertz CT molecular complexity index is 375. The van der Waals surface area contributed by atoms with E-state index >= 15 is 0 Å². The fourth-order valence-electron chi connectivity index (χ4n) is 1.30. The fourth-order valence-corrected chi connectivity index (χ4v) is 1.30. The molecule has 0 aliphatic rings. The third kappa shape index (κ3) is 4.96. The zero-order valence-corrected chi connectivity index (χ0v) is 10.7. The van der Waals surface area contributed by atoms with Crippen molar-refractivity contribution in [3.63, 3.8) is 0 Å². The van der Waals surface area contributed by atoms with Crippen molar-refractivity contribution in [3.05, 3.63) is 11.9 Å². The maximum absolute atomic E-state index is 10.4. The van der Waals surface area contributed by atoms with Crippen molar-refractivity contribution in [2.45, 2.75) is 13.3 Å². The Kier molecular flexibility index (Phi) is 5.86. The van der Waals surface area contributed by atoms with Gasteiger partial charge >= 0.3 is 0 Å². The van der Waals surface area contributed by atoms with E-state index in [1.54, 1.807) is 0 Å². The van der Waals surface area contributed by atoms with E-state index in [2.05, 4.69) is 20.6 Å². The number of aryl methyl sites for hydroxylation is 1. The highest BCUT2D eigenvalue weighted by molar-refractivity contribution is 5.74. The Labute approximate surface area is 106 Å². The lowest BCUT2D eigenvalue weighted by atomic mass is 10.4. The number of ether oxygens (including phenoxy) is 1. The number of aromatic nitrogens is 2. The summed E-state index contributed by atoms with van der Waals surface area (Å²) in [5.74, 6) is 1.79. The molecule has 0 radical (unpaired) electrons. The molecule has 1 aromatic heterocycles. The van der Waals surface area contributed by atoms with Gasteiger partial charge in [-0.2, -0.15) is 0 Å². The zero-order valence-electron chi connectivity index (χ0n) is 10.7. The molecular weight excluding hydrogens is 234 g/mol. The SMILES string of the molecule is CCc1nc(NC)cc(NCCOCC(N)=O)n1. The highest BCUT2D eigenvalue weighted by atomic mass is 16.5. The largest absolute Gasteiger partial charge is 0.373 e. The summed E-state index contributed by atoms with van der Waals surface area (Å²) < 4.78 is 5.03. The number of nitrogens with one attached hydrogen (secondary N) is 2. The number of anilines is 2. The normalized spacial score (nSPS) is 10.1. The van der Waals surface area contributed by atoms with Crippen molar-refractivity contribution in [2.75, 3.05) is 37.4 Å². The average molecular weight is 253 g/mol. The molecule has 0 saturated carbocycles. The van der Waals surface area contributed by atoms with Gasteiger partial charge in [-0.3, -0.25) is 4.79 Å². The Morgan fingerprint density at radius 1 is 1.44 bits per heavy atom. The molecule has 0 fully saturated rings. The smallest absolute Gasteiger partial charge is 0.243 e. The first kappa shape index (κ1) is 14.2. The highest BCUT2D eigenvalue weighted by Gasteiger charge is 2.02. The molecule has 0 aliphatic heterocycles. The van der Waals surface area contributed by atoms with Crippen LogP contribution in [0.3, 0.4) is 0 Å². The van der Waals surface area contributed by atoms with Crippen molar-refractivity contribution in [2.24, 2.45) is 5.73 Å². The van der Waals surface area contributed by atoms with Crippen LogP contribution in [0, 0.1) is 0 Å². The molecule has 0 aliphatic carbocycles. The summed E-state index contributed by atoms with van der Waals surface area (Å²) in [6.45, 7) is 2.88. The molecule has 0 bridgehead atoms. The molecular formula is C11H19N5O2. The number of hydrogen-bond donors (Lipinski definition) is 3. The van der Waals surface area contributed by atoms with Crippen molar-refractivity contribution in [1.82, 2.24) is 9.97 Å². The minimum Gasteiger partial charge on any atom is -0.373 e. The average Bonchev–Trinajstić information content (AvgIpc) is 2.37. The van der Waals surface area contributed by atoms with Crippen LogP contribution in [0.1, 0.15) is 12.7 Å². The number of carbonyl (C=O) groups excluding carboxylic acids is 1. The van der Waals surface area contributed by atoms with Gasteiger partial charge in [0.15, 0.2) is 0 Å². The second-order valence-electron chi connectivity index (χ2n) is 3.60. The lowest BCUT2D eigenvalue weighted by Gasteiger charge is -2.09. The van der Waals surface area contributed by atoms with Gasteiger partial charge in [0.1, 0.15) is 24.1 Å². The van der Waals surface area contributed by atoms with Gasteiger partial charge in [-0.15, -0.1) is 0 Å². The predicted octanol–water partition coefficient (Wildman–Crippen LogP) is -0.00550. The molecule has 1 heterocycles. The van der Waals surface area contributed by atoms with E-state index in [0.29, 0.717) is 13.2 Å². The standard InChI is InChI=1S/C11H19N5O2/c1-3-9-15-10(13-2)6-11(16-9)14-4-5-18-7-8(12)17/h6H,3-5,7H2,1-2H3,(H2,12,17)(H2,13,14,15,16). The molecule has 4 N–H and O–H groups in total. The van der Waals surface area contributed by atoms with Gasteiger partial charge in [0.2, 0.25) is 5.91 Å². The molecule has 1 rings (SSSR count). The third-order valence-corrected chi connectivity index (χ3v) is 2.14. The maximum atomic E-state index is 10.4. The van der Waals surface area contributed by atoms with Crippen LogP contribution in [-0.2, 0) is 16.0 Å². The zero-order chi connectivity index (χ0) is 13.4. The van der Waals surface area contributed by atoms with E-state index in [-0.39, 0.29) is 6.61 Å². The van der Waals surface area contributed by atoms with Crippen LogP contribution in [0.25, 0.3) is 0 Å². The first-order valence-corrected chi connectivity index (χ1v) is 5.81. The van der Waals surface area contributed by atoms with Crippen LogP contribution in [-0.4, -0.2) is 42.7 Å².